The first kappa shape index (κ1) is 18.3. The molecule has 0 N–H and O–H groups in total. The minimum Gasteiger partial charge on any atom is -0.490 e. The molecular formula is C18H18F4N2O2. The van der Waals surface area contributed by atoms with E-state index in [1.165, 1.54) is 4.90 Å². The maximum atomic E-state index is 14.0. The van der Waals surface area contributed by atoms with E-state index in [1.807, 2.05) is 19.9 Å². The first-order chi connectivity index (χ1) is 12.5. The Morgan fingerprint density at radius 1 is 0.923 bits per heavy atom. The topological polar surface area (TPSA) is 34.6 Å². The van der Waals surface area contributed by atoms with E-state index in [0.29, 0.717) is 31.1 Å². The lowest BCUT2D eigenvalue weighted by molar-refractivity contribution is 0.287. The zero-order chi connectivity index (χ0) is 18.8. The van der Waals surface area contributed by atoms with Crippen LogP contribution in [0.5, 0.6) is 11.5 Å². The fourth-order valence-electron chi connectivity index (χ4n) is 3.05. The van der Waals surface area contributed by atoms with Crippen LogP contribution in [0.4, 0.5) is 23.2 Å². The van der Waals surface area contributed by atoms with Crippen LogP contribution in [0.3, 0.4) is 0 Å². The van der Waals surface area contributed by atoms with Gasteiger partial charge in [-0.25, -0.2) is 0 Å². The van der Waals surface area contributed by atoms with E-state index >= 15 is 0 Å². The highest BCUT2D eigenvalue weighted by molar-refractivity contribution is 5.54. The predicted octanol–water partition coefficient (Wildman–Crippen LogP) is 4.00. The predicted molar refractivity (Wildman–Crippen MR) is 87.6 cm³/mol. The van der Waals surface area contributed by atoms with E-state index in [4.69, 9.17) is 9.47 Å². The summed E-state index contributed by atoms with van der Waals surface area (Å²) >= 11 is 0. The molecule has 0 fully saturated rings. The lowest BCUT2D eigenvalue weighted by Crippen LogP contribution is -2.32. The van der Waals surface area contributed by atoms with E-state index < -0.39 is 29.2 Å². The molecule has 140 valence electrons. The molecule has 1 aromatic carbocycles. The van der Waals surface area contributed by atoms with Crippen LogP contribution in [0.15, 0.2) is 12.1 Å². The summed E-state index contributed by atoms with van der Waals surface area (Å²) in [4.78, 5) is 3.86. The van der Waals surface area contributed by atoms with Crippen LogP contribution in [0, 0.1) is 23.5 Å². The normalized spacial score (nSPS) is 13.5. The van der Waals surface area contributed by atoms with E-state index in [0.717, 1.165) is 11.1 Å². The van der Waals surface area contributed by atoms with Gasteiger partial charge in [0.15, 0.2) is 11.5 Å². The number of aromatic nitrogens is 1. The van der Waals surface area contributed by atoms with E-state index in [1.54, 1.807) is 6.07 Å². The molecule has 0 saturated heterocycles. The molecule has 0 saturated carbocycles. The van der Waals surface area contributed by atoms with Crippen LogP contribution >= 0.6 is 0 Å². The molecule has 0 radical (unpaired) electrons. The van der Waals surface area contributed by atoms with Crippen molar-refractivity contribution >= 4 is 5.69 Å². The van der Waals surface area contributed by atoms with Crippen molar-refractivity contribution < 1.29 is 27.0 Å². The molecule has 2 aromatic rings. The summed E-state index contributed by atoms with van der Waals surface area (Å²) in [6, 6.07) is 3.57. The molecule has 0 spiro atoms. The molecule has 4 nitrogen and oxygen atoms in total. The largest absolute Gasteiger partial charge is 0.490 e. The Bertz CT molecular complexity index is 803. The van der Waals surface area contributed by atoms with Crippen LogP contribution in [0.1, 0.15) is 25.0 Å². The third-order valence-corrected chi connectivity index (χ3v) is 4.17. The third kappa shape index (κ3) is 3.27. The van der Waals surface area contributed by atoms with Crippen molar-refractivity contribution in [2.45, 2.75) is 26.8 Å². The fraction of sp³-hybridized carbons (Fsp3) is 0.389. The molecule has 1 aliphatic heterocycles. The zero-order valence-electron chi connectivity index (χ0n) is 14.4. The van der Waals surface area contributed by atoms with Gasteiger partial charge in [-0.1, -0.05) is 0 Å². The molecule has 1 aromatic heterocycles. The number of ether oxygens (including phenoxy) is 2. The zero-order valence-corrected chi connectivity index (χ0v) is 14.4. The number of hydrogen-bond donors (Lipinski definition) is 0. The number of rotatable bonds is 5. The number of halogens is 4. The Morgan fingerprint density at radius 3 is 2.00 bits per heavy atom. The highest BCUT2D eigenvalue weighted by atomic mass is 19.2. The van der Waals surface area contributed by atoms with E-state index in [2.05, 4.69) is 4.98 Å². The Morgan fingerprint density at radius 2 is 1.46 bits per heavy atom. The first-order valence-electron chi connectivity index (χ1n) is 8.32. The molecule has 1 aliphatic rings. The van der Waals surface area contributed by atoms with Crippen molar-refractivity contribution in [3.8, 4) is 11.5 Å². The van der Waals surface area contributed by atoms with Crippen molar-refractivity contribution in [2.24, 2.45) is 0 Å². The number of benzene rings is 1. The van der Waals surface area contributed by atoms with Gasteiger partial charge >= 0.3 is 0 Å². The summed E-state index contributed by atoms with van der Waals surface area (Å²) in [6.07, 6.45) is 0.437. The minimum absolute atomic E-state index is 0.0819. The van der Waals surface area contributed by atoms with Crippen LogP contribution in [-0.2, 0) is 13.0 Å². The molecule has 0 atom stereocenters. The molecular weight excluding hydrogens is 352 g/mol. The van der Waals surface area contributed by atoms with Crippen molar-refractivity contribution in [1.82, 2.24) is 4.98 Å². The van der Waals surface area contributed by atoms with Crippen molar-refractivity contribution in [3.63, 3.8) is 0 Å². The SMILES string of the molecule is CCOc1cc2c(cc1OCC)CN(c1c(F)c(F)nc(F)c1F)CC2. The fourth-order valence-corrected chi connectivity index (χ4v) is 3.05. The van der Waals surface area contributed by atoms with E-state index in [-0.39, 0.29) is 13.1 Å². The van der Waals surface area contributed by atoms with Crippen molar-refractivity contribution in [2.75, 3.05) is 24.7 Å². The Labute approximate surface area is 148 Å². The quantitative estimate of drug-likeness (QED) is 0.589. The minimum atomic E-state index is -1.66. The van der Waals surface area contributed by atoms with Crippen molar-refractivity contribution in [1.29, 1.82) is 0 Å². The van der Waals surface area contributed by atoms with Crippen molar-refractivity contribution in [3.05, 3.63) is 46.8 Å². The average Bonchev–Trinajstić information content (AvgIpc) is 2.61. The Kier molecular flexibility index (Phi) is 5.20. The van der Waals surface area contributed by atoms with Crippen LogP contribution in [0.2, 0.25) is 0 Å². The lowest BCUT2D eigenvalue weighted by Gasteiger charge is -2.31. The second kappa shape index (κ2) is 7.39. The van der Waals surface area contributed by atoms with Crippen LogP contribution in [-0.4, -0.2) is 24.7 Å². The van der Waals surface area contributed by atoms with Gasteiger partial charge in [-0.05, 0) is 43.5 Å². The summed E-state index contributed by atoms with van der Waals surface area (Å²) in [6.45, 7) is 4.86. The van der Waals surface area contributed by atoms with Gasteiger partial charge in [0.2, 0.25) is 11.6 Å². The Hall–Kier alpha value is -2.51. The maximum absolute atomic E-state index is 14.0. The van der Waals surface area contributed by atoms with Crippen LogP contribution < -0.4 is 14.4 Å². The van der Waals surface area contributed by atoms with Gasteiger partial charge in [0.05, 0.1) is 13.2 Å². The smallest absolute Gasteiger partial charge is 0.253 e. The summed E-state index contributed by atoms with van der Waals surface area (Å²) < 4.78 is 66.0. The number of fused-ring (bicyclic) bond motifs is 1. The third-order valence-electron chi connectivity index (χ3n) is 4.17. The average molecular weight is 370 g/mol. The standard InChI is InChI=1S/C18H18F4N2O2/c1-3-25-12-7-10-5-6-24(9-11(10)8-13(12)26-4-2)16-14(19)17(21)23-18(22)15(16)20/h7-8H,3-6,9H2,1-2H3. The van der Waals surface area contributed by atoms with Gasteiger partial charge in [0, 0.05) is 13.1 Å². The number of hydrogen-bond acceptors (Lipinski definition) is 4. The van der Waals surface area contributed by atoms with Gasteiger partial charge < -0.3 is 14.4 Å². The summed E-state index contributed by atoms with van der Waals surface area (Å²) in [5.74, 6) is -5.20. The summed E-state index contributed by atoms with van der Waals surface area (Å²) in [5.41, 5.74) is 0.941. The van der Waals surface area contributed by atoms with Gasteiger partial charge in [0.25, 0.3) is 11.9 Å². The molecule has 0 unspecified atom stereocenters. The highest BCUT2D eigenvalue weighted by Gasteiger charge is 2.28. The molecule has 0 bridgehead atoms. The molecule has 2 heterocycles. The number of anilines is 1. The number of nitrogens with zero attached hydrogens (tertiary/aromatic N) is 2. The molecule has 26 heavy (non-hydrogen) atoms. The molecule has 0 aliphatic carbocycles. The summed E-state index contributed by atoms with van der Waals surface area (Å²) in [5, 5.41) is 0. The number of pyridine rings is 1. The highest BCUT2D eigenvalue weighted by Crippen LogP contribution is 2.36. The monoisotopic (exact) mass is 370 g/mol. The lowest BCUT2D eigenvalue weighted by atomic mass is 9.98. The van der Waals surface area contributed by atoms with Gasteiger partial charge in [-0.3, -0.25) is 0 Å². The van der Waals surface area contributed by atoms with Gasteiger partial charge in [-0.15, -0.1) is 0 Å². The van der Waals surface area contributed by atoms with Gasteiger partial charge in [-0.2, -0.15) is 22.5 Å². The van der Waals surface area contributed by atoms with E-state index in [9.17, 15) is 17.6 Å². The second-order valence-corrected chi connectivity index (χ2v) is 5.78. The first-order valence-corrected chi connectivity index (χ1v) is 8.32. The second-order valence-electron chi connectivity index (χ2n) is 5.78. The van der Waals surface area contributed by atoms with Gasteiger partial charge in [0.1, 0.15) is 5.69 Å². The molecule has 8 heteroatoms. The summed E-state index contributed by atoms with van der Waals surface area (Å²) in [7, 11) is 0. The molecule has 3 rings (SSSR count). The molecule has 0 amide bonds. The Balaban J connectivity index is 1.99. The maximum Gasteiger partial charge on any atom is 0.253 e. The van der Waals surface area contributed by atoms with Crippen LogP contribution in [0.25, 0.3) is 0 Å².